The van der Waals surface area contributed by atoms with Crippen LogP contribution in [0.4, 0.5) is 0 Å². The van der Waals surface area contributed by atoms with Crippen LogP contribution in [0.1, 0.15) is 17.6 Å². The Hall–Kier alpha value is -0.960. The van der Waals surface area contributed by atoms with Crippen LogP contribution >= 0.6 is 11.8 Å². The highest BCUT2D eigenvalue weighted by atomic mass is 32.2. The van der Waals surface area contributed by atoms with Crippen molar-refractivity contribution in [2.45, 2.75) is 17.9 Å². The van der Waals surface area contributed by atoms with Gasteiger partial charge in [-0.05, 0) is 36.8 Å². The number of carbonyl (C=O) groups is 1. The molecule has 2 nitrogen and oxygen atoms in total. The molecule has 13 heavy (non-hydrogen) atoms. The van der Waals surface area contributed by atoms with Gasteiger partial charge in [-0.15, -0.1) is 11.8 Å². The Morgan fingerprint density at radius 2 is 2.38 bits per heavy atom. The second kappa shape index (κ2) is 3.83. The summed E-state index contributed by atoms with van der Waals surface area (Å²) in [6, 6.07) is 3.90. The lowest BCUT2D eigenvalue weighted by atomic mass is 10.3. The number of hydrogen-bond donors (Lipinski definition) is 0. The minimum atomic E-state index is 0.0643. The number of thioether (sulfide) groups is 1. The maximum absolute atomic E-state index is 11.5. The highest BCUT2D eigenvalue weighted by Crippen LogP contribution is 2.21. The van der Waals surface area contributed by atoms with Crippen LogP contribution in [0.2, 0.25) is 0 Å². The van der Waals surface area contributed by atoms with Gasteiger partial charge in [0.1, 0.15) is 0 Å². The number of nitrogens with zero attached hydrogens (tertiary/aromatic N) is 1. The first kappa shape index (κ1) is 8.63. The molecular formula is C10H11NOS. The van der Waals surface area contributed by atoms with Gasteiger partial charge in [-0.1, -0.05) is 6.08 Å². The SMILES string of the molecule is O=C1/C=C\CCCSc2cccn21. The van der Waals surface area contributed by atoms with Gasteiger partial charge < -0.3 is 0 Å². The van der Waals surface area contributed by atoms with E-state index in [1.165, 1.54) is 0 Å². The van der Waals surface area contributed by atoms with E-state index in [9.17, 15) is 4.79 Å². The van der Waals surface area contributed by atoms with Crippen LogP contribution in [0, 0.1) is 0 Å². The lowest BCUT2D eigenvalue weighted by Gasteiger charge is -2.02. The first-order valence-electron chi connectivity index (χ1n) is 4.39. The topological polar surface area (TPSA) is 22.0 Å². The third-order valence-corrected chi connectivity index (χ3v) is 3.10. The zero-order chi connectivity index (χ0) is 9.10. The summed E-state index contributed by atoms with van der Waals surface area (Å²) in [5.74, 6) is 1.15. The molecule has 1 aromatic heterocycles. The van der Waals surface area contributed by atoms with Crippen molar-refractivity contribution in [3.63, 3.8) is 0 Å². The number of aromatic nitrogens is 1. The minimum Gasteiger partial charge on any atom is -0.278 e. The molecule has 1 aliphatic rings. The minimum absolute atomic E-state index is 0.0643. The molecule has 0 saturated carbocycles. The number of fused-ring (bicyclic) bond motifs is 1. The molecule has 0 aromatic carbocycles. The lowest BCUT2D eigenvalue weighted by molar-refractivity contribution is 0.0960. The normalized spacial score (nSPS) is 19.8. The Labute approximate surface area is 81.6 Å². The Morgan fingerprint density at radius 3 is 3.31 bits per heavy atom. The van der Waals surface area contributed by atoms with Crippen LogP contribution in [0.5, 0.6) is 0 Å². The number of carbonyl (C=O) groups excluding carboxylic acids is 1. The first-order valence-corrected chi connectivity index (χ1v) is 5.37. The molecule has 0 radical (unpaired) electrons. The molecule has 3 heteroatoms. The molecule has 0 aliphatic carbocycles. The quantitative estimate of drug-likeness (QED) is 0.631. The molecule has 2 rings (SSSR count). The summed E-state index contributed by atoms with van der Waals surface area (Å²) in [6.07, 6.45) is 7.58. The summed E-state index contributed by atoms with van der Waals surface area (Å²) < 4.78 is 1.70. The van der Waals surface area contributed by atoms with Gasteiger partial charge >= 0.3 is 0 Å². The number of allylic oxidation sites excluding steroid dienone is 2. The fraction of sp³-hybridized carbons (Fsp3) is 0.300. The van der Waals surface area contributed by atoms with E-state index in [1.54, 1.807) is 22.4 Å². The lowest BCUT2D eigenvalue weighted by Crippen LogP contribution is -2.06. The number of hydrogen-bond acceptors (Lipinski definition) is 2. The predicted octanol–water partition coefficient (Wildman–Crippen LogP) is 2.57. The summed E-state index contributed by atoms with van der Waals surface area (Å²) in [5.41, 5.74) is 0. The molecule has 0 N–H and O–H groups in total. The van der Waals surface area contributed by atoms with Crippen molar-refractivity contribution in [3.8, 4) is 0 Å². The van der Waals surface area contributed by atoms with E-state index in [2.05, 4.69) is 0 Å². The largest absolute Gasteiger partial charge is 0.278 e. The van der Waals surface area contributed by atoms with Gasteiger partial charge in [0.05, 0.1) is 5.03 Å². The molecule has 0 spiro atoms. The van der Waals surface area contributed by atoms with Gasteiger partial charge in [-0.3, -0.25) is 9.36 Å². The van der Waals surface area contributed by atoms with E-state index in [4.69, 9.17) is 0 Å². The van der Waals surface area contributed by atoms with E-state index < -0.39 is 0 Å². The maximum atomic E-state index is 11.5. The van der Waals surface area contributed by atoms with Crippen LogP contribution < -0.4 is 0 Å². The van der Waals surface area contributed by atoms with Crippen LogP contribution in [0.25, 0.3) is 0 Å². The van der Waals surface area contributed by atoms with Crippen molar-refractivity contribution in [1.29, 1.82) is 0 Å². The Kier molecular flexibility index (Phi) is 2.54. The van der Waals surface area contributed by atoms with Crippen molar-refractivity contribution in [2.24, 2.45) is 0 Å². The van der Waals surface area contributed by atoms with Crippen LogP contribution in [0.15, 0.2) is 35.5 Å². The summed E-state index contributed by atoms with van der Waals surface area (Å²) in [5, 5.41) is 1.05. The fourth-order valence-electron chi connectivity index (χ4n) is 1.31. The van der Waals surface area contributed by atoms with Crippen molar-refractivity contribution >= 4 is 17.7 Å². The van der Waals surface area contributed by atoms with E-state index in [0.29, 0.717) is 0 Å². The van der Waals surface area contributed by atoms with Gasteiger partial charge in [0.2, 0.25) is 0 Å². The van der Waals surface area contributed by atoms with Crippen molar-refractivity contribution < 1.29 is 4.79 Å². The van der Waals surface area contributed by atoms with Gasteiger partial charge in [-0.2, -0.15) is 0 Å². The summed E-state index contributed by atoms with van der Waals surface area (Å²) in [6.45, 7) is 0. The molecule has 0 bridgehead atoms. The standard InChI is InChI=1S/C10H11NOS/c12-9-5-2-1-3-8-13-10-6-4-7-11(9)10/h2,4-7H,1,3,8H2/b5-2-. The molecule has 0 atom stereocenters. The Balaban J connectivity index is 2.34. The van der Waals surface area contributed by atoms with Crippen molar-refractivity contribution in [2.75, 3.05) is 5.75 Å². The molecular weight excluding hydrogens is 182 g/mol. The monoisotopic (exact) mass is 193 g/mol. The number of rotatable bonds is 0. The predicted molar refractivity (Wildman–Crippen MR) is 54.2 cm³/mol. The highest BCUT2D eigenvalue weighted by Gasteiger charge is 2.07. The first-order chi connectivity index (χ1) is 6.38. The molecule has 0 amide bonds. The second-order valence-electron chi connectivity index (χ2n) is 2.95. The van der Waals surface area contributed by atoms with Crippen LogP contribution in [-0.4, -0.2) is 16.2 Å². The van der Waals surface area contributed by atoms with Gasteiger partial charge in [-0.25, -0.2) is 0 Å². The van der Waals surface area contributed by atoms with Gasteiger partial charge in [0.15, 0.2) is 0 Å². The molecule has 68 valence electrons. The molecule has 2 heterocycles. The smallest absolute Gasteiger partial charge is 0.255 e. The highest BCUT2D eigenvalue weighted by molar-refractivity contribution is 7.99. The molecule has 1 aromatic rings. The van der Waals surface area contributed by atoms with Crippen LogP contribution in [0.3, 0.4) is 0 Å². The van der Waals surface area contributed by atoms with Gasteiger partial charge in [0, 0.05) is 6.20 Å². The van der Waals surface area contributed by atoms with Crippen LogP contribution in [-0.2, 0) is 0 Å². The molecule has 0 unspecified atom stereocenters. The molecule has 0 saturated heterocycles. The zero-order valence-corrected chi connectivity index (χ0v) is 8.09. The van der Waals surface area contributed by atoms with E-state index >= 15 is 0 Å². The van der Waals surface area contributed by atoms with Crippen molar-refractivity contribution in [1.82, 2.24) is 4.57 Å². The second-order valence-corrected chi connectivity index (χ2v) is 4.06. The average molecular weight is 193 g/mol. The third kappa shape index (κ3) is 1.86. The average Bonchev–Trinajstić information content (AvgIpc) is 2.58. The molecule has 0 fully saturated rings. The Morgan fingerprint density at radius 1 is 1.46 bits per heavy atom. The van der Waals surface area contributed by atoms with E-state index in [0.717, 1.165) is 23.6 Å². The van der Waals surface area contributed by atoms with Crippen molar-refractivity contribution in [3.05, 3.63) is 30.5 Å². The molecule has 1 aliphatic heterocycles. The Bertz CT molecular complexity index is 340. The zero-order valence-electron chi connectivity index (χ0n) is 7.27. The summed E-state index contributed by atoms with van der Waals surface area (Å²) in [7, 11) is 0. The summed E-state index contributed by atoms with van der Waals surface area (Å²) in [4.78, 5) is 11.5. The summed E-state index contributed by atoms with van der Waals surface area (Å²) >= 11 is 1.75. The van der Waals surface area contributed by atoms with E-state index in [-0.39, 0.29) is 5.91 Å². The van der Waals surface area contributed by atoms with Gasteiger partial charge in [0.25, 0.3) is 5.91 Å². The third-order valence-electron chi connectivity index (χ3n) is 1.97. The maximum Gasteiger partial charge on any atom is 0.255 e. The van der Waals surface area contributed by atoms with E-state index in [1.807, 2.05) is 24.4 Å². The fourth-order valence-corrected chi connectivity index (χ4v) is 2.29.